The van der Waals surface area contributed by atoms with Crippen molar-refractivity contribution in [2.24, 2.45) is 0 Å². The highest BCUT2D eigenvalue weighted by Gasteiger charge is 2.24. The molecule has 0 radical (unpaired) electrons. The van der Waals surface area contributed by atoms with E-state index >= 15 is 0 Å². The number of amides is 1. The molecule has 0 atom stereocenters. The van der Waals surface area contributed by atoms with E-state index in [0.717, 1.165) is 42.5 Å². The third-order valence-electron chi connectivity index (χ3n) is 5.44. The number of anilines is 2. The van der Waals surface area contributed by atoms with Crippen LogP contribution in [0.4, 0.5) is 16.3 Å². The van der Waals surface area contributed by atoms with Crippen molar-refractivity contribution in [2.75, 3.05) is 18.2 Å². The monoisotopic (exact) mass is 463 g/mol. The van der Waals surface area contributed by atoms with Gasteiger partial charge >= 0.3 is 6.09 Å². The van der Waals surface area contributed by atoms with Crippen LogP contribution in [-0.2, 0) is 4.74 Å². The number of pyridine rings is 3. The van der Waals surface area contributed by atoms with Crippen LogP contribution in [0.15, 0.2) is 53.1 Å². The van der Waals surface area contributed by atoms with Crippen LogP contribution in [0.2, 0.25) is 0 Å². The van der Waals surface area contributed by atoms with Crippen LogP contribution in [0.25, 0.3) is 32.6 Å². The second-order valence-corrected chi connectivity index (χ2v) is 10.1. The Kier molecular flexibility index (Phi) is 5.67. The molecule has 1 fully saturated rings. The first-order valence-corrected chi connectivity index (χ1v) is 11.9. The summed E-state index contributed by atoms with van der Waals surface area (Å²) in [7, 11) is 1.31. The Balaban J connectivity index is 1.60. The molecule has 0 aliphatic heterocycles. The van der Waals surface area contributed by atoms with E-state index in [1.54, 1.807) is 29.8 Å². The van der Waals surface area contributed by atoms with Crippen LogP contribution in [0.3, 0.4) is 0 Å². The molecule has 7 nitrogen and oxygen atoms in total. The van der Waals surface area contributed by atoms with Gasteiger partial charge in [0.05, 0.1) is 22.7 Å². The number of ether oxygens (including phenoxy) is 1. The molecular formula is C23H21N5O2S2. The molecule has 32 heavy (non-hydrogen) atoms. The van der Waals surface area contributed by atoms with Crippen LogP contribution in [0, 0.1) is 0 Å². The van der Waals surface area contributed by atoms with Crippen molar-refractivity contribution in [3.05, 3.63) is 48.9 Å². The molecule has 0 aromatic carbocycles. The first kappa shape index (κ1) is 20.7. The van der Waals surface area contributed by atoms with Gasteiger partial charge in [-0.1, -0.05) is 12.5 Å². The SMILES string of the molecule is COC(=O)Nc1ccc(-c2cc(-c3cccnc3)c3c(N)c(SC4CCC4)sc3n2)cn1. The molecule has 1 aliphatic rings. The standard InChI is InChI=1S/C23H21N5O2S2/c1-30-23(29)28-18-8-7-14(12-26-18)17-10-16(13-4-3-9-25-11-13)19-20(24)22(32-21(19)27-17)31-15-5-2-6-15/h3-4,7-12,15H,2,5-6,24H2,1H3,(H,26,28,29). The molecule has 1 amide bonds. The first-order valence-electron chi connectivity index (χ1n) is 10.2. The van der Waals surface area contributed by atoms with E-state index in [9.17, 15) is 4.79 Å². The molecule has 162 valence electrons. The van der Waals surface area contributed by atoms with Gasteiger partial charge in [0.25, 0.3) is 0 Å². The lowest BCUT2D eigenvalue weighted by atomic mass is 10.00. The van der Waals surface area contributed by atoms with E-state index in [2.05, 4.69) is 20.0 Å². The number of carbonyl (C=O) groups is 1. The lowest BCUT2D eigenvalue weighted by Crippen LogP contribution is -2.12. The Morgan fingerprint density at radius 2 is 2.12 bits per heavy atom. The molecule has 4 aromatic heterocycles. The maximum atomic E-state index is 11.4. The van der Waals surface area contributed by atoms with Crippen LogP contribution >= 0.6 is 23.1 Å². The average molecular weight is 464 g/mol. The van der Waals surface area contributed by atoms with Crippen LogP contribution < -0.4 is 11.1 Å². The molecule has 3 N–H and O–H groups in total. The number of thiophene rings is 1. The summed E-state index contributed by atoms with van der Waals surface area (Å²) in [5.41, 5.74) is 11.1. The van der Waals surface area contributed by atoms with Gasteiger partial charge in [-0.25, -0.2) is 14.8 Å². The predicted octanol–water partition coefficient (Wildman–Crippen LogP) is 5.83. The number of nitrogen functional groups attached to an aromatic ring is 1. The molecule has 0 spiro atoms. The van der Waals surface area contributed by atoms with Crippen LogP contribution in [-0.4, -0.2) is 33.4 Å². The van der Waals surface area contributed by atoms with Crippen molar-refractivity contribution in [2.45, 2.75) is 28.7 Å². The minimum absolute atomic E-state index is 0.411. The number of fused-ring (bicyclic) bond motifs is 1. The highest BCUT2D eigenvalue weighted by molar-refractivity contribution is 8.02. The maximum Gasteiger partial charge on any atom is 0.412 e. The average Bonchev–Trinajstić information content (AvgIpc) is 3.12. The minimum atomic E-state index is -0.561. The van der Waals surface area contributed by atoms with Crippen molar-refractivity contribution in [1.82, 2.24) is 15.0 Å². The number of aromatic nitrogens is 3. The fourth-order valence-corrected chi connectivity index (χ4v) is 6.29. The molecule has 4 heterocycles. The summed E-state index contributed by atoms with van der Waals surface area (Å²) in [4.78, 5) is 25.9. The third kappa shape index (κ3) is 4.01. The number of nitrogens with one attached hydrogen (secondary N) is 1. The van der Waals surface area contributed by atoms with Gasteiger partial charge in [-0.2, -0.15) is 0 Å². The zero-order valence-corrected chi connectivity index (χ0v) is 19.0. The highest BCUT2D eigenvalue weighted by atomic mass is 32.2. The van der Waals surface area contributed by atoms with Gasteiger partial charge in [-0.3, -0.25) is 10.3 Å². The number of carbonyl (C=O) groups excluding carboxylic acids is 1. The smallest absolute Gasteiger partial charge is 0.412 e. The minimum Gasteiger partial charge on any atom is -0.453 e. The highest BCUT2D eigenvalue weighted by Crippen LogP contribution is 2.48. The molecule has 0 bridgehead atoms. The topological polar surface area (TPSA) is 103 Å². The zero-order valence-electron chi connectivity index (χ0n) is 17.4. The number of nitrogens with two attached hydrogens (primary N) is 1. The Morgan fingerprint density at radius 1 is 1.25 bits per heavy atom. The lowest BCUT2D eigenvalue weighted by molar-refractivity contribution is 0.187. The summed E-state index contributed by atoms with van der Waals surface area (Å²) in [6, 6.07) is 9.58. The summed E-state index contributed by atoms with van der Waals surface area (Å²) in [5.74, 6) is 0.411. The van der Waals surface area contributed by atoms with Gasteiger partial charge in [0.1, 0.15) is 10.6 Å². The number of nitrogens with zero attached hydrogens (tertiary/aromatic N) is 3. The second-order valence-electron chi connectivity index (χ2n) is 7.50. The fraction of sp³-hybridized carbons (Fsp3) is 0.217. The number of rotatable bonds is 5. The van der Waals surface area contributed by atoms with Gasteiger partial charge in [-0.15, -0.1) is 23.1 Å². The van der Waals surface area contributed by atoms with E-state index in [-0.39, 0.29) is 0 Å². The Bertz CT molecular complexity index is 1270. The predicted molar refractivity (Wildman–Crippen MR) is 130 cm³/mol. The van der Waals surface area contributed by atoms with Gasteiger partial charge in [0, 0.05) is 40.4 Å². The van der Waals surface area contributed by atoms with Crippen LogP contribution in [0.5, 0.6) is 0 Å². The summed E-state index contributed by atoms with van der Waals surface area (Å²) in [5, 5.41) is 4.18. The number of hydrogen-bond acceptors (Lipinski definition) is 8. The van der Waals surface area contributed by atoms with Crippen LogP contribution in [0.1, 0.15) is 19.3 Å². The zero-order chi connectivity index (χ0) is 22.1. The number of methoxy groups -OCH3 is 1. The Labute approximate surface area is 193 Å². The van der Waals surface area contributed by atoms with E-state index < -0.39 is 6.09 Å². The van der Waals surface area contributed by atoms with Crippen molar-refractivity contribution in [1.29, 1.82) is 0 Å². The third-order valence-corrected chi connectivity index (χ3v) is 8.11. The van der Waals surface area contributed by atoms with Crippen molar-refractivity contribution < 1.29 is 9.53 Å². The van der Waals surface area contributed by atoms with E-state index in [4.69, 9.17) is 10.7 Å². The number of hydrogen-bond donors (Lipinski definition) is 2. The largest absolute Gasteiger partial charge is 0.453 e. The second kappa shape index (κ2) is 8.76. The molecule has 0 unspecified atom stereocenters. The van der Waals surface area contributed by atoms with Gasteiger partial charge in [-0.05, 0) is 42.7 Å². The molecule has 1 aliphatic carbocycles. The Hall–Kier alpha value is -3.17. The molecular weight excluding hydrogens is 442 g/mol. The van der Waals surface area contributed by atoms with E-state index in [1.807, 2.05) is 42.2 Å². The van der Waals surface area contributed by atoms with Gasteiger partial charge in [0.15, 0.2) is 0 Å². The van der Waals surface area contributed by atoms with Gasteiger partial charge < -0.3 is 10.5 Å². The summed E-state index contributed by atoms with van der Waals surface area (Å²) >= 11 is 3.52. The van der Waals surface area contributed by atoms with Crippen molar-refractivity contribution in [3.63, 3.8) is 0 Å². The van der Waals surface area contributed by atoms with Crippen molar-refractivity contribution in [3.8, 4) is 22.4 Å². The molecule has 4 aromatic rings. The summed E-state index contributed by atoms with van der Waals surface area (Å²) < 4.78 is 5.75. The lowest BCUT2D eigenvalue weighted by Gasteiger charge is -2.23. The Morgan fingerprint density at radius 3 is 2.78 bits per heavy atom. The first-order chi connectivity index (χ1) is 15.6. The van der Waals surface area contributed by atoms with E-state index in [1.165, 1.54) is 26.4 Å². The number of thioether (sulfide) groups is 1. The quantitative estimate of drug-likeness (QED) is 0.384. The molecule has 1 saturated carbocycles. The van der Waals surface area contributed by atoms with Gasteiger partial charge in [0.2, 0.25) is 0 Å². The summed E-state index contributed by atoms with van der Waals surface area (Å²) in [6.45, 7) is 0. The van der Waals surface area contributed by atoms with E-state index in [0.29, 0.717) is 11.1 Å². The molecule has 9 heteroatoms. The van der Waals surface area contributed by atoms with Crippen molar-refractivity contribution >= 4 is 50.9 Å². The maximum absolute atomic E-state index is 11.4. The summed E-state index contributed by atoms with van der Waals surface area (Å²) in [6.07, 6.45) is 8.50. The fourth-order valence-electron chi connectivity index (χ4n) is 3.50. The normalized spacial score (nSPS) is 13.7. The molecule has 0 saturated heterocycles. The molecule has 5 rings (SSSR count).